The van der Waals surface area contributed by atoms with Crippen molar-refractivity contribution in [1.82, 2.24) is 5.32 Å². The lowest BCUT2D eigenvalue weighted by molar-refractivity contribution is 0.134. The van der Waals surface area contributed by atoms with Crippen LogP contribution in [0.1, 0.15) is 40.5 Å². The van der Waals surface area contributed by atoms with Crippen LogP contribution in [0.15, 0.2) is 71.9 Å². The topological polar surface area (TPSA) is 67.8 Å². The van der Waals surface area contributed by atoms with E-state index < -0.39 is 16.0 Å². The van der Waals surface area contributed by atoms with Crippen molar-refractivity contribution in [3.8, 4) is 0 Å². The number of rotatable bonds is 14. The first-order valence-corrected chi connectivity index (χ1v) is 12.2. The number of ether oxygens (including phenoxy) is 2. The van der Waals surface area contributed by atoms with Gasteiger partial charge in [-0.2, -0.15) is 0 Å². The molecule has 0 aromatic carbocycles. The minimum Gasteiger partial charge on any atom is -0.445 e. The molecule has 2 N–H and O–H groups in total. The summed E-state index contributed by atoms with van der Waals surface area (Å²) < 4.78 is 8.64. The molecule has 0 rings (SSSR count). The van der Waals surface area contributed by atoms with Gasteiger partial charge in [-0.15, -0.1) is 0 Å². The molecule has 0 heterocycles. The molecule has 0 spiro atoms. The molecule has 5 nitrogen and oxygen atoms in total. The monoisotopic (exact) mass is 533 g/mol. The molecule has 0 aliphatic carbocycles. The lowest BCUT2D eigenvalue weighted by Crippen LogP contribution is -2.29. The first kappa shape index (κ1) is 32.5. The quantitative estimate of drug-likeness (QED) is 0.186. The van der Waals surface area contributed by atoms with Gasteiger partial charge in [-0.05, 0) is 39.2 Å². The van der Waals surface area contributed by atoms with Crippen LogP contribution >= 0.6 is 34.8 Å². The molecule has 0 bridgehead atoms. The lowest BCUT2D eigenvalue weighted by Gasteiger charge is -2.16. The van der Waals surface area contributed by atoms with Crippen LogP contribution in [0.2, 0.25) is 0 Å². The molecule has 3 atom stereocenters. The zero-order valence-corrected chi connectivity index (χ0v) is 23.0. The number of amides is 1. The Labute approximate surface area is 219 Å². The fourth-order valence-corrected chi connectivity index (χ4v) is 2.80. The van der Waals surface area contributed by atoms with Gasteiger partial charge in [0.2, 0.25) is 3.79 Å². The Bertz CT molecular complexity index is 779. The normalized spacial score (nSPS) is 16.6. The second kappa shape index (κ2) is 17.9. The van der Waals surface area contributed by atoms with E-state index in [0.717, 1.165) is 29.6 Å². The van der Waals surface area contributed by atoms with Crippen molar-refractivity contribution < 1.29 is 19.4 Å². The van der Waals surface area contributed by atoms with Crippen molar-refractivity contribution in [2.45, 2.75) is 56.5 Å². The van der Waals surface area contributed by atoms with Crippen molar-refractivity contribution in [3.05, 3.63) is 71.9 Å². The summed E-state index contributed by atoms with van der Waals surface area (Å²) >= 11 is 16.6. The summed E-state index contributed by atoms with van der Waals surface area (Å²) in [5.74, 6) is -0.0798. The number of methoxy groups -OCH3 is 1. The molecule has 34 heavy (non-hydrogen) atoms. The van der Waals surface area contributed by atoms with Gasteiger partial charge in [0, 0.05) is 19.6 Å². The van der Waals surface area contributed by atoms with Gasteiger partial charge >= 0.3 is 6.09 Å². The molecule has 1 amide bonds. The second-order valence-corrected chi connectivity index (χ2v) is 10.6. The highest BCUT2D eigenvalue weighted by Crippen LogP contribution is 2.25. The van der Waals surface area contributed by atoms with Crippen molar-refractivity contribution in [3.63, 3.8) is 0 Å². The fraction of sp³-hybridized carbons (Fsp3) is 0.500. The van der Waals surface area contributed by atoms with Gasteiger partial charge in [-0.25, -0.2) is 4.79 Å². The third-order valence-corrected chi connectivity index (χ3v) is 5.19. The van der Waals surface area contributed by atoms with E-state index in [1.807, 2.05) is 70.2 Å². The highest BCUT2D eigenvalue weighted by molar-refractivity contribution is 6.67. The molecule has 0 radical (unpaired) electrons. The van der Waals surface area contributed by atoms with E-state index in [-0.39, 0.29) is 25.2 Å². The molecular weight excluding hydrogens is 497 g/mol. The van der Waals surface area contributed by atoms with Crippen molar-refractivity contribution in [2.75, 3.05) is 20.3 Å². The third-order valence-electron chi connectivity index (χ3n) is 4.87. The summed E-state index contributed by atoms with van der Waals surface area (Å²) in [4.78, 5) is 11.6. The number of aliphatic hydroxyl groups excluding tert-OH is 1. The molecule has 8 heteroatoms. The first-order chi connectivity index (χ1) is 15.9. The van der Waals surface area contributed by atoms with Crippen molar-refractivity contribution >= 4 is 40.9 Å². The van der Waals surface area contributed by atoms with Crippen LogP contribution in [0.25, 0.3) is 0 Å². The van der Waals surface area contributed by atoms with Gasteiger partial charge in [-0.3, -0.25) is 0 Å². The number of allylic oxidation sites excluding steroid dienone is 7. The predicted octanol–water partition coefficient (Wildman–Crippen LogP) is 7.01. The molecular formula is C26H38Cl3NO4. The SMILES string of the molecule is C=C/C(C)=C\CC[C@@H](/C=C/C=C/[C@H](C)[C@H](O)/C(C)=C/C=C(\C)CNC(=O)OCC(Cl)(Cl)Cl)OC. The number of hydrogen-bond donors (Lipinski definition) is 2. The van der Waals surface area contributed by atoms with Crippen molar-refractivity contribution in [1.29, 1.82) is 0 Å². The van der Waals surface area contributed by atoms with Gasteiger partial charge < -0.3 is 19.9 Å². The maximum Gasteiger partial charge on any atom is 0.407 e. The smallest absolute Gasteiger partial charge is 0.407 e. The molecule has 0 saturated carbocycles. The number of nitrogens with one attached hydrogen (secondary N) is 1. The average Bonchev–Trinajstić information content (AvgIpc) is 2.79. The third kappa shape index (κ3) is 17.0. The highest BCUT2D eigenvalue weighted by atomic mass is 35.6. The molecule has 0 saturated heterocycles. The minimum absolute atomic E-state index is 0.0294. The summed E-state index contributed by atoms with van der Waals surface area (Å²) in [5, 5.41) is 13.1. The number of carbonyl (C=O) groups is 1. The molecule has 0 aromatic heterocycles. The molecule has 0 aliphatic heterocycles. The maximum absolute atomic E-state index is 11.6. The molecule has 0 unspecified atom stereocenters. The van der Waals surface area contributed by atoms with Crippen LogP contribution in [0.5, 0.6) is 0 Å². The number of alkyl carbamates (subject to hydrolysis) is 1. The zero-order valence-electron chi connectivity index (χ0n) is 20.7. The number of carbonyl (C=O) groups excluding carboxylic acids is 1. The Kier molecular flexibility index (Phi) is 17.1. The Morgan fingerprint density at radius 2 is 1.79 bits per heavy atom. The van der Waals surface area contributed by atoms with E-state index in [2.05, 4.69) is 18.0 Å². The molecule has 192 valence electrons. The second-order valence-electron chi connectivity index (χ2n) is 8.05. The maximum atomic E-state index is 11.6. The lowest BCUT2D eigenvalue weighted by atomic mass is 9.97. The number of halogens is 3. The van der Waals surface area contributed by atoms with Crippen LogP contribution in [-0.4, -0.2) is 47.5 Å². The van der Waals surface area contributed by atoms with Crippen LogP contribution in [0, 0.1) is 5.92 Å². The van der Waals surface area contributed by atoms with E-state index in [1.54, 1.807) is 7.11 Å². The van der Waals surface area contributed by atoms with E-state index in [4.69, 9.17) is 44.3 Å². The van der Waals surface area contributed by atoms with Crippen molar-refractivity contribution in [2.24, 2.45) is 5.92 Å². The van der Waals surface area contributed by atoms with E-state index >= 15 is 0 Å². The summed E-state index contributed by atoms with van der Waals surface area (Å²) in [6.45, 7) is 11.4. The molecule has 0 aliphatic rings. The van der Waals surface area contributed by atoms with Crippen LogP contribution < -0.4 is 5.32 Å². The summed E-state index contributed by atoms with van der Waals surface area (Å²) in [7, 11) is 1.70. The Morgan fingerprint density at radius 3 is 2.38 bits per heavy atom. The fourth-order valence-electron chi connectivity index (χ4n) is 2.64. The summed E-state index contributed by atoms with van der Waals surface area (Å²) in [6.07, 6.45) is 16.0. The van der Waals surface area contributed by atoms with E-state index in [1.165, 1.54) is 0 Å². The average molecular weight is 535 g/mol. The molecule has 0 fully saturated rings. The number of aliphatic hydroxyl groups is 1. The highest BCUT2D eigenvalue weighted by Gasteiger charge is 2.22. The predicted molar refractivity (Wildman–Crippen MR) is 145 cm³/mol. The zero-order chi connectivity index (χ0) is 26.1. The van der Waals surface area contributed by atoms with Gasteiger partial charge in [0.1, 0.15) is 6.61 Å². The number of hydrogen-bond acceptors (Lipinski definition) is 4. The first-order valence-electron chi connectivity index (χ1n) is 11.1. The Hall–Kier alpha value is -1.50. The minimum atomic E-state index is -1.65. The van der Waals surface area contributed by atoms with Gasteiger partial charge in [-0.1, -0.05) is 108 Å². The van der Waals surface area contributed by atoms with Crippen LogP contribution in [-0.2, 0) is 9.47 Å². The van der Waals surface area contributed by atoms with E-state index in [9.17, 15) is 9.90 Å². The van der Waals surface area contributed by atoms with Gasteiger partial charge in [0.15, 0.2) is 0 Å². The largest absolute Gasteiger partial charge is 0.445 e. The van der Waals surface area contributed by atoms with Crippen LogP contribution in [0.4, 0.5) is 4.79 Å². The Morgan fingerprint density at radius 1 is 1.15 bits per heavy atom. The Balaban J connectivity index is 4.64. The van der Waals surface area contributed by atoms with Crippen LogP contribution in [0.3, 0.4) is 0 Å². The summed E-state index contributed by atoms with van der Waals surface area (Å²) in [6, 6.07) is 0. The van der Waals surface area contributed by atoms with Gasteiger partial charge in [0.25, 0.3) is 0 Å². The number of alkyl halides is 3. The standard InChI is InChI=1S/C26H38Cl3NO4/c1-7-19(2)11-10-14-23(33-6)13-9-8-12-21(4)24(31)22(5)16-15-20(3)17-30-25(32)34-18-26(27,28)29/h7-9,11-13,15-16,21,23-24,31H,1,10,14,17-18H2,2-6H3,(H,30,32)/b12-8+,13-9+,19-11-,20-15+,22-16+/t21-,23+,24-/m0/s1. The van der Waals surface area contributed by atoms with Gasteiger partial charge in [0.05, 0.1) is 12.2 Å². The van der Waals surface area contributed by atoms with E-state index in [0.29, 0.717) is 0 Å². The summed E-state index contributed by atoms with van der Waals surface area (Å²) in [5.41, 5.74) is 2.83. The molecule has 0 aromatic rings.